The average molecular weight is 369 g/mol. The largest absolute Gasteiger partial charge is 0.489 e. The lowest BCUT2D eigenvalue weighted by Gasteiger charge is -2.07. The molecule has 0 bridgehead atoms. The number of nitro benzene ring substituents is 1. The molecule has 0 spiro atoms. The molecule has 0 heterocycles. The van der Waals surface area contributed by atoms with Crippen molar-refractivity contribution in [2.24, 2.45) is 0 Å². The van der Waals surface area contributed by atoms with Crippen molar-refractivity contribution in [1.82, 2.24) is 0 Å². The Bertz CT molecular complexity index is 596. The highest BCUT2D eigenvalue weighted by Gasteiger charge is 2.10. The van der Waals surface area contributed by atoms with Crippen LogP contribution in [0.3, 0.4) is 0 Å². The maximum atomic E-state index is 10.7. The molecule has 0 atom stereocenters. The maximum absolute atomic E-state index is 10.7. The third-order valence-electron chi connectivity index (χ3n) is 2.68. The van der Waals surface area contributed by atoms with E-state index in [4.69, 9.17) is 4.74 Å². The normalized spacial score (nSPS) is 10.2. The molecular weight excluding hydrogens is 357 g/mol. The summed E-state index contributed by atoms with van der Waals surface area (Å²) in [6.45, 7) is 2.16. The van der Waals surface area contributed by atoms with E-state index in [-0.39, 0.29) is 5.69 Å². The number of aryl methyl sites for hydroxylation is 1. The van der Waals surface area contributed by atoms with Gasteiger partial charge >= 0.3 is 0 Å². The molecule has 2 aromatic carbocycles. The number of nitro groups is 1. The predicted octanol–water partition coefficient (Wildman–Crippen LogP) is 4.09. The van der Waals surface area contributed by atoms with Crippen molar-refractivity contribution in [2.45, 2.75) is 13.5 Å². The van der Waals surface area contributed by atoms with Crippen molar-refractivity contribution < 1.29 is 9.66 Å². The van der Waals surface area contributed by atoms with Gasteiger partial charge in [-0.25, -0.2) is 0 Å². The first kappa shape index (κ1) is 13.8. The van der Waals surface area contributed by atoms with Crippen molar-refractivity contribution in [2.75, 3.05) is 0 Å². The second kappa shape index (κ2) is 6.01. The van der Waals surface area contributed by atoms with Gasteiger partial charge in [0.25, 0.3) is 5.69 Å². The molecule has 0 amide bonds. The summed E-state index contributed by atoms with van der Waals surface area (Å²) in [5.41, 5.74) is 1.78. The van der Waals surface area contributed by atoms with Crippen LogP contribution in [-0.4, -0.2) is 4.92 Å². The molecular formula is C14H12INO3. The van der Waals surface area contributed by atoms with Crippen LogP contribution in [0.15, 0.2) is 42.5 Å². The van der Waals surface area contributed by atoms with Gasteiger partial charge in [0.2, 0.25) is 0 Å². The fourth-order valence-electron chi connectivity index (χ4n) is 1.67. The number of rotatable bonds is 4. The Balaban J connectivity index is 2.06. The second-order valence-electron chi connectivity index (χ2n) is 4.12. The van der Waals surface area contributed by atoms with Gasteiger partial charge in [-0.2, -0.15) is 0 Å². The Labute approximate surface area is 124 Å². The maximum Gasteiger partial charge on any atom is 0.272 e. The first-order valence-electron chi connectivity index (χ1n) is 5.68. The molecule has 19 heavy (non-hydrogen) atoms. The number of ether oxygens (including phenoxy) is 1. The van der Waals surface area contributed by atoms with Gasteiger partial charge in [0.15, 0.2) is 0 Å². The molecule has 0 saturated carbocycles. The summed E-state index contributed by atoms with van der Waals surface area (Å²) in [4.78, 5) is 10.3. The summed E-state index contributed by atoms with van der Waals surface area (Å²) in [7, 11) is 0. The number of hydrogen-bond donors (Lipinski definition) is 0. The van der Waals surface area contributed by atoms with Crippen LogP contribution in [0, 0.1) is 20.6 Å². The lowest BCUT2D eigenvalue weighted by atomic mass is 10.2. The molecule has 98 valence electrons. The van der Waals surface area contributed by atoms with Crippen LogP contribution in [0.1, 0.15) is 11.1 Å². The third-order valence-corrected chi connectivity index (χ3v) is 3.40. The minimum absolute atomic E-state index is 0.113. The van der Waals surface area contributed by atoms with Crippen molar-refractivity contribution in [3.8, 4) is 5.75 Å². The number of hydrogen-bond acceptors (Lipinski definition) is 3. The Kier molecular flexibility index (Phi) is 4.36. The van der Waals surface area contributed by atoms with E-state index in [0.29, 0.717) is 17.9 Å². The monoisotopic (exact) mass is 369 g/mol. The zero-order chi connectivity index (χ0) is 13.8. The molecule has 0 aromatic heterocycles. The quantitative estimate of drug-likeness (QED) is 0.464. The average Bonchev–Trinajstić information content (AvgIpc) is 2.37. The molecule has 5 heteroatoms. The minimum atomic E-state index is -0.391. The minimum Gasteiger partial charge on any atom is -0.489 e. The summed E-state index contributed by atoms with van der Waals surface area (Å²) in [6.07, 6.45) is 0. The van der Waals surface area contributed by atoms with Crippen LogP contribution in [0.4, 0.5) is 5.69 Å². The van der Waals surface area contributed by atoms with Gasteiger partial charge in [-0.15, -0.1) is 0 Å². The summed E-state index contributed by atoms with van der Waals surface area (Å²) in [5.74, 6) is 0.640. The number of benzene rings is 2. The molecule has 0 aliphatic rings. The van der Waals surface area contributed by atoms with Crippen molar-refractivity contribution in [3.63, 3.8) is 0 Å². The zero-order valence-corrected chi connectivity index (χ0v) is 12.5. The van der Waals surface area contributed by atoms with Crippen molar-refractivity contribution >= 4 is 28.3 Å². The van der Waals surface area contributed by atoms with Gasteiger partial charge < -0.3 is 4.74 Å². The Morgan fingerprint density at radius 1 is 1.21 bits per heavy atom. The van der Waals surface area contributed by atoms with E-state index in [9.17, 15) is 10.1 Å². The van der Waals surface area contributed by atoms with Crippen molar-refractivity contribution in [1.29, 1.82) is 0 Å². The first-order valence-corrected chi connectivity index (χ1v) is 6.76. The SMILES string of the molecule is Cc1cc(OCc2ccc(I)cc2)ccc1[N+](=O)[O-]. The fraction of sp³-hybridized carbons (Fsp3) is 0.143. The van der Waals surface area contributed by atoms with Crippen LogP contribution >= 0.6 is 22.6 Å². The van der Waals surface area contributed by atoms with Crippen LogP contribution < -0.4 is 4.74 Å². The highest BCUT2D eigenvalue weighted by Crippen LogP contribution is 2.23. The van der Waals surface area contributed by atoms with E-state index in [1.54, 1.807) is 19.1 Å². The predicted molar refractivity (Wildman–Crippen MR) is 81.3 cm³/mol. The lowest BCUT2D eigenvalue weighted by molar-refractivity contribution is -0.385. The molecule has 0 fully saturated rings. The molecule has 2 aromatic rings. The summed E-state index contributed by atoms with van der Waals surface area (Å²) in [5, 5.41) is 10.7. The molecule has 0 aliphatic carbocycles. The van der Waals surface area contributed by atoms with Gasteiger partial charge in [-0.3, -0.25) is 10.1 Å². The molecule has 0 unspecified atom stereocenters. The Morgan fingerprint density at radius 3 is 2.47 bits per heavy atom. The van der Waals surface area contributed by atoms with E-state index in [0.717, 1.165) is 5.56 Å². The van der Waals surface area contributed by atoms with Gasteiger partial charge in [-0.05, 0) is 59.3 Å². The molecule has 4 nitrogen and oxygen atoms in total. The van der Waals surface area contributed by atoms with Gasteiger partial charge in [-0.1, -0.05) is 12.1 Å². The van der Waals surface area contributed by atoms with E-state index < -0.39 is 4.92 Å². The van der Waals surface area contributed by atoms with Crippen LogP contribution in [0.25, 0.3) is 0 Å². The van der Waals surface area contributed by atoms with Gasteiger partial charge in [0, 0.05) is 15.2 Å². The number of halogens is 1. The molecule has 0 N–H and O–H groups in total. The topological polar surface area (TPSA) is 52.4 Å². The Morgan fingerprint density at radius 2 is 1.89 bits per heavy atom. The first-order chi connectivity index (χ1) is 9.06. The van der Waals surface area contributed by atoms with E-state index in [1.807, 2.05) is 24.3 Å². The smallest absolute Gasteiger partial charge is 0.272 e. The molecule has 0 aliphatic heterocycles. The van der Waals surface area contributed by atoms with E-state index in [1.165, 1.54) is 9.64 Å². The van der Waals surface area contributed by atoms with E-state index >= 15 is 0 Å². The molecule has 0 saturated heterocycles. The standard InChI is InChI=1S/C14H12INO3/c1-10-8-13(6-7-14(10)16(17)18)19-9-11-2-4-12(15)5-3-11/h2-8H,9H2,1H3. The van der Waals surface area contributed by atoms with Crippen molar-refractivity contribution in [3.05, 3.63) is 67.3 Å². The second-order valence-corrected chi connectivity index (χ2v) is 5.37. The summed E-state index contributed by atoms with van der Waals surface area (Å²) in [6, 6.07) is 12.8. The van der Waals surface area contributed by atoms with Gasteiger partial charge in [0.05, 0.1) is 4.92 Å². The zero-order valence-electron chi connectivity index (χ0n) is 10.3. The Hall–Kier alpha value is -1.63. The van der Waals surface area contributed by atoms with E-state index in [2.05, 4.69) is 22.6 Å². The van der Waals surface area contributed by atoms with Crippen LogP contribution in [-0.2, 0) is 6.61 Å². The highest BCUT2D eigenvalue weighted by molar-refractivity contribution is 14.1. The summed E-state index contributed by atoms with van der Waals surface area (Å²) >= 11 is 2.25. The lowest BCUT2D eigenvalue weighted by Crippen LogP contribution is -1.97. The van der Waals surface area contributed by atoms with Crippen LogP contribution in [0.5, 0.6) is 5.75 Å². The number of nitrogens with zero attached hydrogens (tertiary/aromatic N) is 1. The van der Waals surface area contributed by atoms with Crippen LogP contribution in [0.2, 0.25) is 0 Å². The molecule has 2 rings (SSSR count). The molecule has 0 radical (unpaired) electrons. The summed E-state index contributed by atoms with van der Waals surface area (Å²) < 4.78 is 6.80. The van der Waals surface area contributed by atoms with Gasteiger partial charge in [0.1, 0.15) is 12.4 Å². The fourth-order valence-corrected chi connectivity index (χ4v) is 2.03. The third kappa shape index (κ3) is 3.66. The highest BCUT2D eigenvalue weighted by atomic mass is 127.